The van der Waals surface area contributed by atoms with Crippen LogP contribution in [0.3, 0.4) is 0 Å². The van der Waals surface area contributed by atoms with Gasteiger partial charge in [0.15, 0.2) is 0 Å². The minimum atomic E-state index is -0.351. The van der Waals surface area contributed by atoms with Gasteiger partial charge in [-0.2, -0.15) is 10.2 Å². The lowest BCUT2D eigenvalue weighted by Gasteiger charge is -2.04. The summed E-state index contributed by atoms with van der Waals surface area (Å²) in [6.45, 7) is 4.67. The molecule has 0 aliphatic carbocycles. The van der Waals surface area contributed by atoms with Gasteiger partial charge in [0.1, 0.15) is 11.4 Å². The maximum Gasteiger partial charge on any atom is 0.289 e. The number of hydrogen-bond donors (Lipinski definition) is 2. The van der Waals surface area contributed by atoms with E-state index in [4.69, 9.17) is 4.74 Å². The van der Waals surface area contributed by atoms with Crippen LogP contribution in [0.1, 0.15) is 36.3 Å². The Morgan fingerprint density at radius 3 is 2.66 bits per heavy atom. The Labute approximate surface area is 170 Å². The third-order valence-electron chi connectivity index (χ3n) is 4.07. The molecule has 3 aromatic rings. The molecular formula is C23H24N4O2. The topological polar surface area (TPSA) is 79.4 Å². The van der Waals surface area contributed by atoms with E-state index in [2.05, 4.69) is 27.6 Å². The summed E-state index contributed by atoms with van der Waals surface area (Å²) < 4.78 is 5.58. The molecule has 148 valence electrons. The van der Waals surface area contributed by atoms with Crippen LogP contribution in [0.25, 0.3) is 17.3 Å². The Bertz CT molecular complexity index is 989. The first-order chi connectivity index (χ1) is 14.2. The zero-order valence-electron chi connectivity index (χ0n) is 16.6. The quantitative estimate of drug-likeness (QED) is 0.434. The highest BCUT2D eigenvalue weighted by Crippen LogP contribution is 2.21. The smallest absolute Gasteiger partial charge is 0.289 e. The summed E-state index contributed by atoms with van der Waals surface area (Å²) in [5.74, 6) is 0.466. The molecule has 1 aromatic heterocycles. The molecule has 0 saturated carbocycles. The van der Waals surface area contributed by atoms with E-state index in [9.17, 15) is 4.79 Å². The summed E-state index contributed by atoms with van der Waals surface area (Å²) >= 11 is 0. The Balaban J connectivity index is 1.58. The highest BCUT2D eigenvalue weighted by atomic mass is 16.5. The van der Waals surface area contributed by atoms with Gasteiger partial charge in [-0.15, -0.1) is 0 Å². The second-order valence-corrected chi connectivity index (χ2v) is 6.54. The molecule has 6 nitrogen and oxygen atoms in total. The lowest BCUT2D eigenvalue weighted by Crippen LogP contribution is -2.17. The van der Waals surface area contributed by atoms with Crippen LogP contribution in [0, 0.1) is 0 Å². The van der Waals surface area contributed by atoms with Crippen molar-refractivity contribution in [1.82, 2.24) is 15.6 Å². The molecule has 0 aliphatic heterocycles. The Hall–Kier alpha value is -3.67. The molecular weight excluding hydrogens is 364 g/mol. The van der Waals surface area contributed by atoms with Gasteiger partial charge in [-0.05, 0) is 54.8 Å². The standard InChI is InChI=1S/C23H24N4O2/c1-3-13-29-20-11-9-19(10-12-20)21-15-22(26-25-21)23(28)27-24-16-17(2)14-18-7-5-4-6-8-18/h4-12,14-16H,3,13H2,1-2H3,(H,25,26)(H,27,28)/b17-14+,24-16+. The maximum absolute atomic E-state index is 12.3. The van der Waals surface area contributed by atoms with E-state index in [-0.39, 0.29) is 5.91 Å². The fourth-order valence-corrected chi connectivity index (χ4v) is 2.63. The number of nitrogens with one attached hydrogen (secondary N) is 2. The maximum atomic E-state index is 12.3. The van der Waals surface area contributed by atoms with E-state index in [1.54, 1.807) is 12.3 Å². The monoisotopic (exact) mass is 388 g/mol. The minimum Gasteiger partial charge on any atom is -0.494 e. The van der Waals surface area contributed by atoms with Crippen molar-refractivity contribution in [2.24, 2.45) is 5.10 Å². The summed E-state index contributed by atoms with van der Waals surface area (Å²) in [5.41, 5.74) is 6.43. The number of allylic oxidation sites excluding steroid dienone is 1. The number of aromatic amines is 1. The molecule has 1 heterocycles. The predicted octanol–water partition coefficient (Wildman–Crippen LogP) is 4.68. The van der Waals surface area contributed by atoms with Gasteiger partial charge in [0.2, 0.25) is 0 Å². The fraction of sp³-hybridized carbons (Fsp3) is 0.174. The van der Waals surface area contributed by atoms with Gasteiger partial charge in [0.25, 0.3) is 5.91 Å². The summed E-state index contributed by atoms with van der Waals surface area (Å²) in [7, 11) is 0. The van der Waals surface area contributed by atoms with E-state index in [1.807, 2.05) is 67.6 Å². The first-order valence-electron chi connectivity index (χ1n) is 9.51. The number of aromatic nitrogens is 2. The number of amides is 1. The number of carbonyl (C=O) groups is 1. The van der Waals surface area contributed by atoms with Crippen molar-refractivity contribution >= 4 is 18.2 Å². The molecule has 6 heteroatoms. The SMILES string of the molecule is CCCOc1ccc(-c2cc(C(=O)N/N=C/C(C)=C/c3ccccc3)[nH]n2)cc1. The van der Waals surface area contributed by atoms with Crippen LogP contribution in [0.5, 0.6) is 5.75 Å². The zero-order chi connectivity index (χ0) is 20.5. The van der Waals surface area contributed by atoms with Gasteiger partial charge in [-0.3, -0.25) is 9.89 Å². The second kappa shape index (κ2) is 10.0. The van der Waals surface area contributed by atoms with E-state index in [0.29, 0.717) is 18.0 Å². The Kier molecular flexibility index (Phi) is 6.95. The molecule has 29 heavy (non-hydrogen) atoms. The minimum absolute atomic E-state index is 0.341. The number of hydrogen-bond acceptors (Lipinski definition) is 4. The van der Waals surface area contributed by atoms with Gasteiger partial charge in [0.05, 0.1) is 18.5 Å². The molecule has 1 amide bonds. The fourth-order valence-electron chi connectivity index (χ4n) is 2.63. The summed E-state index contributed by atoms with van der Waals surface area (Å²) in [4.78, 5) is 12.3. The van der Waals surface area contributed by atoms with Gasteiger partial charge in [0, 0.05) is 5.56 Å². The molecule has 0 spiro atoms. The Morgan fingerprint density at radius 2 is 1.93 bits per heavy atom. The van der Waals surface area contributed by atoms with Gasteiger partial charge in [-0.1, -0.05) is 43.3 Å². The van der Waals surface area contributed by atoms with Gasteiger partial charge in [-0.25, -0.2) is 5.43 Å². The van der Waals surface area contributed by atoms with Crippen LogP contribution in [-0.2, 0) is 0 Å². The van der Waals surface area contributed by atoms with Crippen LogP contribution in [0.4, 0.5) is 0 Å². The van der Waals surface area contributed by atoms with Crippen molar-refractivity contribution in [1.29, 1.82) is 0 Å². The first kappa shape index (κ1) is 20.1. The van der Waals surface area contributed by atoms with Crippen LogP contribution in [0.15, 0.2) is 71.3 Å². The number of carbonyl (C=O) groups excluding carboxylic acids is 1. The molecule has 0 aliphatic rings. The molecule has 0 bridgehead atoms. The summed E-state index contributed by atoms with van der Waals surface area (Å²) in [5, 5.41) is 11.0. The van der Waals surface area contributed by atoms with Crippen molar-refractivity contribution < 1.29 is 9.53 Å². The Morgan fingerprint density at radius 1 is 1.17 bits per heavy atom. The van der Waals surface area contributed by atoms with Gasteiger partial charge >= 0.3 is 0 Å². The average Bonchev–Trinajstić information content (AvgIpc) is 3.24. The highest BCUT2D eigenvalue weighted by Gasteiger charge is 2.10. The molecule has 0 atom stereocenters. The molecule has 0 fully saturated rings. The third kappa shape index (κ3) is 5.90. The zero-order valence-corrected chi connectivity index (χ0v) is 16.6. The van der Waals surface area contributed by atoms with E-state index >= 15 is 0 Å². The summed E-state index contributed by atoms with van der Waals surface area (Å²) in [6, 6.07) is 19.2. The molecule has 2 N–H and O–H groups in total. The van der Waals surface area contributed by atoms with E-state index < -0.39 is 0 Å². The molecule has 0 radical (unpaired) electrons. The van der Waals surface area contributed by atoms with Crippen molar-refractivity contribution in [2.75, 3.05) is 6.61 Å². The largest absolute Gasteiger partial charge is 0.494 e. The number of ether oxygens (including phenoxy) is 1. The highest BCUT2D eigenvalue weighted by molar-refractivity contribution is 5.94. The lowest BCUT2D eigenvalue weighted by atomic mass is 10.1. The van der Waals surface area contributed by atoms with Crippen LogP contribution in [0.2, 0.25) is 0 Å². The van der Waals surface area contributed by atoms with Gasteiger partial charge < -0.3 is 4.74 Å². The first-order valence-corrected chi connectivity index (χ1v) is 9.51. The average molecular weight is 388 g/mol. The predicted molar refractivity (Wildman–Crippen MR) is 116 cm³/mol. The third-order valence-corrected chi connectivity index (χ3v) is 4.07. The van der Waals surface area contributed by atoms with Crippen LogP contribution in [-0.4, -0.2) is 28.9 Å². The molecule has 0 saturated heterocycles. The molecule has 0 unspecified atom stereocenters. The number of nitrogens with zero attached hydrogens (tertiary/aromatic N) is 2. The number of benzene rings is 2. The number of rotatable bonds is 8. The second-order valence-electron chi connectivity index (χ2n) is 6.54. The normalized spacial score (nSPS) is 11.6. The van der Waals surface area contributed by atoms with Crippen LogP contribution >= 0.6 is 0 Å². The van der Waals surface area contributed by atoms with Crippen molar-refractivity contribution in [3.05, 3.63) is 77.5 Å². The summed E-state index contributed by atoms with van der Waals surface area (Å²) in [6.07, 6.45) is 4.55. The van der Waals surface area contributed by atoms with E-state index in [1.165, 1.54) is 0 Å². The number of hydrazone groups is 1. The lowest BCUT2D eigenvalue weighted by molar-refractivity contribution is 0.0950. The van der Waals surface area contributed by atoms with Crippen LogP contribution < -0.4 is 10.2 Å². The molecule has 3 rings (SSSR count). The molecule has 2 aromatic carbocycles. The number of H-pyrrole nitrogens is 1. The van der Waals surface area contributed by atoms with Crippen molar-refractivity contribution in [3.8, 4) is 17.0 Å². The van der Waals surface area contributed by atoms with Crippen molar-refractivity contribution in [3.63, 3.8) is 0 Å². The van der Waals surface area contributed by atoms with Crippen molar-refractivity contribution in [2.45, 2.75) is 20.3 Å². The van der Waals surface area contributed by atoms with E-state index in [0.717, 1.165) is 28.9 Å².